The summed E-state index contributed by atoms with van der Waals surface area (Å²) in [7, 11) is 1.52. The molecule has 0 saturated carbocycles. The van der Waals surface area contributed by atoms with Crippen molar-refractivity contribution >= 4 is 23.5 Å². The maximum atomic E-state index is 11.5. The van der Waals surface area contributed by atoms with Crippen molar-refractivity contribution in [3.8, 4) is 5.75 Å². The number of benzene rings is 1. The van der Waals surface area contributed by atoms with Crippen LogP contribution in [-0.2, 0) is 23.9 Å². The zero-order valence-corrected chi connectivity index (χ0v) is 11.6. The van der Waals surface area contributed by atoms with E-state index in [0.717, 1.165) is 0 Å². The average molecular weight is 310 g/mol. The lowest BCUT2D eigenvalue weighted by Gasteiger charge is -2.12. The number of rotatable bonds is 4. The number of anilines is 1. The average Bonchev–Trinajstić information content (AvgIpc) is 2.84. The highest BCUT2D eigenvalue weighted by Gasteiger charge is 2.40. The predicted molar refractivity (Wildman–Crippen MR) is 71.6 cm³/mol. The summed E-state index contributed by atoms with van der Waals surface area (Å²) in [5, 5.41) is 9.37. The van der Waals surface area contributed by atoms with Crippen molar-refractivity contribution in [1.29, 1.82) is 0 Å². The highest BCUT2D eigenvalue weighted by Crippen LogP contribution is 2.14. The number of methoxy groups -OCH3 is 1. The van der Waals surface area contributed by atoms with Crippen LogP contribution in [0.25, 0.3) is 0 Å². The van der Waals surface area contributed by atoms with E-state index in [1.165, 1.54) is 7.11 Å². The zero-order valence-electron chi connectivity index (χ0n) is 11.6. The van der Waals surface area contributed by atoms with Crippen LogP contribution in [0, 0.1) is 0 Å². The smallest absolute Gasteiger partial charge is 0.399 e. The van der Waals surface area contributed by atoms with Gasteiger partial charge in [0.25, 0.3) is 0 Å². The quantitative estimate of drug-likeness (QED) is 0.366. The molecule has 2 atom stereocenters. The van der Waals surface area contributed by atoms with Crippen LogP contribution in [0.3, 0.4) is 0 Å². The summed E-state index contributed by atoms with van der Waals surface area (Å²) in [6.45, 7) is -0.275. The minimum absolute atomic E-state index is 0.275. The third-order valence-electron chi connectivity index (χ3n) is 2.81. The van der Waals surface area contributed by atoms with Gasteiger partial charge in [-0.3, -0.25) is 15.6 Å². The van der Waals surface area contributed by atoms with Crippen LogP contribution in [0.4, 0.5) is 5.69 Å². The molecule has 9 nitrogen and oxygen atoms in total. The molecule has 2 rings (SSSR count). The number of cyclic esters (lactones) is 1. The molecule has 1 amide bonds. The summed E-state index contributed by atoms with van der Waals surface area (Å²) in [6.07, 6.45) is -2.77. The van der Waals surface area contributed by atoms with Crippen LogP contribution in [0.2, 0.25) is 0 Å². The molecule has 0 aliphatic carbocycles. The van der Waals surface area contributed by atoms with Gasteiger partial charge in [0.1, 0.15) is 18.5 Å². The van der Waals surface area contributed by atoms with Crippen molar-refractivity contribution in [3.63, 3.8) is 0 Å². The molecule has 3 N–H and O–H groups in total. The normalized spacial score (nSPS) is 20.0. The number of aliphatic hydroxyl groups excluding tert-OH is 1. The van der Waals surface area contributed by atoms with E-state index in [9.17, 15) is 19.5 Å². The lowest BCUT2D eigenvalue weighted by molar-refractivity contribution is -0.167. The summed E-state index contributed by atoms with van der Waals surface area (Å²) in [5.41, 5.74) is 5.09. The second-order valence-electron chi connectivity index (χ2n) is 4.33. The number of hydrogen-bond donors (Lipinski definition) is 3. The number of nitrogens with one attached hydrogen (secondary N) is 2. The molecule has 1 aromatic carbocycles. The molecule has 1 fully saturated rings. The van der Waals surface area contributed by atoms with Gasteiger partial charge >= 0.3 is 17.8 Å². The minimum atomic E-state index is -1.49. The fourth-order valence-electron chi connectivity index (χ4n) is 1.64. The first-order valence-corrected chi connectivity index (χ1v) is 6.27. The summed E-state index contributed by atoms with van der Waals surface area (Å²) < 4.78 is 14.0. The molecule has 0 aromatic heterocycles. The van der Waals surface area contributed by atoms with E-state index in [4.69, 9.17) is 4.74 Å². The largest absolute Gasteiger partial charge is 0.497 e. The Morgan fingerprint density at radius 3 is 2.55 bits per heavy atom. The molecular weight excluding hydrogens is 296 g/mol. The Balaban J connectivity index is 1.83. The maximum absolute atomic E-state index is 11.5. The molecule has 1 saturated heterocycles. The van der Waals surface area contributed by atoms with Crippen LogP contribution < -0.4 is 15.6 Å². The van der Waals surface area contributed by atoms with E-state index in [2.05, 4.69) is 20.3 Å². The van der Waals surface area contributed by atoms with Gasteiger partial charge in [0.05, 0.1) is 12.8 Å². The number of hydrogen-bond acceptors (Lipinski definition) is 8. The van der Waals surface area contributed by atoms with Gasteiger partial charge in [-0.05, 0) is 24.3 Å². The van der Waals surface area contributed by atoms with E-state index >= 15 is 0 Å². The van der Waals surface area contributed by atoms with Gasteiger partial charge in [-0.15, -0.1) is 0 Å². The van der Waals surface area contributed by atoms with Crippen molar-refractivity contribution in [3.05, 3.63) is 24.3 Å². The Labute approximate surface area is 125 Å². The van der Waals surface area contributed by atoms with Gasteiger partial charge in [0.15, 0.2) is 0 Å². The van der Waals surface area contributed by atoms with Crippen LogP contribution in [-0.4, -0.2) is 48.9 Å². The van der Waals surface area contributed by atoms with E-state index in [1.807, 2.05) is 0 Å². The summed E-state index contributed by atoms with van der Waals surface area (Å²) in [5.74, 6) is -2.70. The molecule has 1 aliphatic heterocycles. The second-order valence-corrected chi connectivity index (χ2v) is 4.33. The Kier molecular flexibility index (Phi) is 4.79. The first kappa shape index (κ1) is 15.6. The molecule has 1 aliphatic rings. The lowest BCUT2D eigenvalue weighted by atomic mass is 10.2. The van der Waals surface area contributed by atoms with E-state index in [-0.39, 0.29) is 6.61 Å². The minimum Gasteiger partial charge on any atom is -0.497 e. The molecule has 118 valence electrons. The number of amides is 1. The highest BCUT2D eigenvalue weighted by atomic mass is 16.6. The van der Waals surface area contributed by atoms with Gasteiger partial charge in [0.2, 0.25) is 6.10 Å². The maximum Gasteiger partial charge on any atom is 0.399 e. The number of carbonyl (C=O) groups excluding carboxylic acids is 3. The summed E-state index contributed by atoms with van der Waals surface area (Å²) >= 11 is 0. The number of hydrazine groups is 1. The molecule has 0 unspecified atom stereocenters. The molecule has 22 heavy (non-hydrogen) atoms. The van der Waals surface area contributed by atoms with Crippen molar-refractivity contribution in [2.75, 3.05) is 19.1 Å². The van der Waals surface area contributed by atoms with Crippen LogP contribution in [0.15, 0.2) is 24.3 Å². The van der Waals surface area contributed by atoms with Gasteiger partial charge in [-0.25, -0.2) is 9.59 Å². The standard InChI is InChI=1S/C13H14N2O7/c1-20-8-4-2-7(3-5-8)14-15-11(17)13(19)22-10-9(16)6-21-12(10)18/h2-5,9-10,14,16H,6H2,1H3,(H,15,17)/t9-,10+/m0/s1. The lowest BCUT2D eigenvalue weighted by Crippen LogP contribution is -2.41. The topological polar surface area (TPSA) is 123 Å². The summed E-state index contributed by atoms with van der Waals surface area (Å²) in [6, 6.07) is 6.53. The summed E-state index contributed by atoms with van der Waals surface area (Å²) in [4.78, 5) is 34.2. The van der Waals surface area contributed by atoms with Crippen molar-refractivity contribution in [2.45, 2.75) is 12.2 Å². The van der Waals surface area contributed by atoms with Gasteiger partial charge in [-0.2, -0.15) is 0 Å². The van der Waals surface area contributed by atoms with Crippen LogP contribution in [0.5, 0.6) is 5.75 Å². The van der Waals surface area contributed by atoms with Crippen molar-refractivity contribution in [2.24, 2.45) is 0 Å². The Hall–Kier alpha value is -2.81. The van der Waals surface area contributed by atoms with E-state index in [1.54, 1.807) is 24.3 Å². The van der Waals surface area contributed by atoms with Crippen LogP contribution in [0.1, 0.15) is 0 Å². The Bertz CT molecular complexity index is 572. The molecule has 0 bridgehead atoms. The van der Waals surface area contributed by atoms with Gasteiger partial charge in [-0.1, -0.05) is 0 Å². The molecule has 1 aromatic rings. The highest BCUT2D eigenvalue weighted by molar-refractivity contribution is 6.32. The van der Waals surface area contributed by atoms with Crippen molar-refractivity contribution < 1.29 is 33.7 Å². The molecular formula is C13H14N2O7. The van der Waals surface area contributed by atoms with E-state index in [0.29, 0.717) is 11.4 Å². The van der Waals surface area contributed by atoms with Gasteiger partial charge in [0, 0.05) is 0 Å². The SMILES string of the molecule is COc1ccc(NNC(=O)C(=O)O[C@H]2C(=O)OC[C@@H]2O)cc1. The number of carbonyl (C=O) groups is 3. The number of ether oxygens (including phenoxy) is 3. The van der Waals surface area contributed by atoms with Gasteiger partial charge < -0.3 is 19.3 Å². The second kappa shape index (κ2) is 6.76. The first-order valence-electron chi connectivity index (χ1n) is 6.27. The molecule has 1 heterocycles. The fraction of sp³-hybridized carbons (Fsp3) is 0.308. The molecule has 0 spiro atoms. The number of esters is 2. The zero-order chi connectivity index (χ0) is 16.1. The predicted octanol–water partition coefficient (Wildman–Crippen LogP) is -1.03. The fourth-order valence-corrected chi connectivity index (χ4v) is 1.64. The van der Waals surface area contributed by atoms with Crippen molar-refractivity contribution in [1.82, 2.24) is 5.43 Å². The Morgan fingerprint density at radius 2 is 2.00 bits per heavy atom. The third-order valence-corrected chi connectivity index (χ3v) is 2.81. The molecule has 9 heteroatoms. The Morgan fingerprint density at radius 1 is 1.32 bits per heavy atom. The monoisotopic (exact) mass is 310 g/mol. The third kappa shape index (κ3) is 3.64. The molecule has 0 radical (unpaired) electrons. The number of aliphatic hydroxyl groups is 1. The van der Waals surface area contributed by atoms with E-state index < -0.39 is 30.1 Å². The van der Waals surface area contributed by atoms with Crippen LogP contribution >= 0.6 is 0 Å². The first-order chi connectivity index (χ1) is 10.5.